The topological polar surface area (TPSA) is 55.1 Å². The number of benzene rings is 1. The Morgan fingerprint density at radius 1 is 1.32 bits per heavy atom. The summed E-state index contributed by atoms with van der Waals surface area (Å²) < 4.78 is 0. The fourth-order valence-corrected chi connectivity index (χ4v) is 2.91. The monoisotopic (exact) mass is 260 g/mol. The molecular formula is C16H24N2O. The summed E-state index contributed by atoms with van der Waals surface area (Å²) in [6.07, 6.45) is 5.77. The zero-order chi connectivity index (χ0) is 13.7. The molecule has 1 aromatic rings. The lowest BCUT2D eigenvalue weighted by Crippen LogP contribution is -2.34. The van der Waals surface area contributed by atoms with Crippen LogP contribution in [0.25, 0.3) is 0 Å². The van der Waals surface area contributed by atoms with Crippen molar-refractivity contribution in [2.75, 3.05) is 13.1 Å². The number of carbonyl (C=O) groups excluding carboxylic acids is 1. The quantitative estimate of drug-likeness (QED) is 0.854. The Kier molecular flexibility index (Phi) is 4.59. The molecule has 1 aliphatic rings. The smallest absolute Gasteiger partial charge is 0.251 e. The first kappa shape index (κ1) is 14.1. The number of nitrogens with one attached hydrogen (secondary N) is 1. The van der Waals surface area contributed by atoms with E-state index in [1.165, 1.54) is 25.7 Å². The van der Waals surface area contributed by atoms with E-state index in [-0.39, 0.29) is 5.91 Å². The fourth-order valence-electron chi connectivity index (χ4n) is 2.91. The molecule has 1 saturated carbocycles. The highest BCUT2D eigenvalue weighted by Crippen LogP contribution is 2.36. The summed E-state index contributed by atoms with van der Waals surface area (Å²) in [5.74, 6) is 0.0391. The first-order valence-electron chi connectivity index (χ1n) is 7.21. The number of carbonyl (C=O) groups is 1. The summed E-state index contributed by atoms with van der Waals surface area (Å²) in [4.78, 5) is 12.3. The van der Waals surface area contributed by atoms with Crippen LogP contribution in [-0.2, 0) is 6.42 Å². The third kappa shape index (κ3) is 3.57. The van der Waals surface area contributed by atoms with Gasteiger partial charge in [0.15, 0.2) is 0 Å². The highest BCUT2D eigenvalue weighted by Gasteiger charge is 2.29. The van der Waals surface area contributed by atoms with Gasteiger partial charge >= 0.3 is 0 Å². The predicted molar refractivity (Wildman–Crippen MR) is 78.1 cm³/mol. The van der Waals surface area contributed by atoms with E-state index in [9.17, 15) is 4.79 Å². The number of hydrogen-bond acceptors (Lipinski definition) is 2. The maximum atomic E-state index is 12.3. The molecule has 0 spiro atoms. The molecule has 3 nitrogen and oxygen atoms in total. The van der Waals surface area contributed by atoms with Crippen molar-refractivity contribution in [3.63, 3.8) is 0 Å². The van der Waals surface area contributed by atoms with Gasteiger partial charge in [-0.1, -0.05) is 38.0 Å². The maximum Gasteiger partial charge on any atom is 0.251 e. The van der Waals surface area contributed by atoms with E-state index < -0.39 is 0 Å². The van der Waals surface area contributed by atoms with E-state index in [0.717, 1.165) is 24.1 Å². The minimum atomic E-state index is 0.0391. The molecule has 0 unspecified atom stereocenters. The molecule has 0 atom stereocenters. The average molecular weight is 260 g/mol. The molecular weight excluding hydrogens is 236 g/mol. The highest BCUT2D eigenvalue weighted by atomic mass is 16.1. The van der Waals surface area contributed by atoms with Crippen molar-refractivity contribution in [1.82, 2.24) is 5.32 Å². The summed E-state index contributed by atoms with van der Waals surface area (Å²) in [5.41, 5.74) is 7.70. The Morgan fingerprint density at radius 2 is 2.00 bits per heavy atom. The van der Waals surface area contributed by atoms with Crippen LogP contribution in [0, 0.1) is 5.41 Å². The van der Waals surface area contributed by atoms with Crippen molar-refractivity contribution in [3.8, 4) is 0 Å². The largest absolute Gasteiger partial charge is 0.351 e. The molecule has 1 aromatic carbocycles. The highest BCUT2D eigenvalue weighted by molar-refractivity contribution is 5.95. The Labute approximate surface area is 115 Å². The van der Waals surface area contributed by atoms with Gasteiger partial charge in [-0.25, -0.2) is 0 Å². The van der Waals surface area contributed by atoms with E-state index in [1.807, 2.05) is 24.3 Å². The molecule has 2 rings (SSSR count). The molecule has 19 heavy (non-hydrogen) atoms. The molecule has 3 N–H and O–H groups in total. The lowest BCUT2D eigenvalue weighted by Gasteiger charge is -2.24. The summed E-state index contributed by atoms with van der Waals surface area (Å²) in [7, 11) is 0. The molecule has 0 radical (unpaired) electrons. The van der Waals surface area contributed by atoms with Gasteiger partial charge in [0.1, 0.15) is 0 Å². The molecule has 0 bridgehead atoms. The van der Waals surface area contributed by atoms with Crippen LogP contribution in [-0.4, -0.2) is 19.0 Å². The Bertz CT molecular complexity index is 436. The minimum absolute atomic E-state index is 0.0391. The van der Waals surface area contributed by atoms with Gasteiger partial charge in [-0.2, -0.15) is 0 Å². The molecule has 1 fully saturated rings. The summed E-state index contributed by atoms with van der Waals surface area (Å²) in [6, 6.07) is 7.74. The second-order valence-electron chi connectivity index (χ2n) is 5.90. The lowest BCUT2D eigenvalue weighted by atomic mass is 9.89. The van der Waals surface area contributed by atoms with Crippen molar-refractivity contribution >= 4 is 5.91 Å². The van der Waals surface area contributed by atoms with Gasteiger partial charge in [0, 0.05) is 12.1 Å². The molecule has 3 heteroatoms. The fraction of sp³-hybridized carbons (Fsp3) is 0.562. The second-order valence-corrected chi connectivity index (χ2v) is 5.90. The van der Waals surface area contributed by atoms with Gasteiger partial charge in [-0.05, 0) is 42.9 Å². The zero-order valence-electron chi connectivity index (χ0n) is 11.7. The van der Waals surface area contributed by atoms with E-state index in [1.54, 1.807) is 0 Å². The van der Waals surface area contributed by atoms with E-state index >= 15 is 0 Å². The molecule has 104 valence electrons. The molecule has 0 aliphatic heterocycles. The third-order valence-electron chi connectivity index (χ3n) is 4.16. The van der Waals surface area contributed by atoms with Crippen molar-refractivity contribution < 1.29 is 4.79 Å². The molecule has 0 aromatic heterocycles. The molecule has 0 saturated heterocycles. The van der Waals surface area contributed by atoms with Crippen molar-refractivity contribution in [2.24, 2.45) is 11.1 Å². The Morgan fingerprint density at radius 3 is 2.68 bits per heavy atom. The Hall–Kier alpha value is -1.35. The number of amides is 1. The average Bonchev–Trinajstić information content (AvgIpc) is 2.85. The first-order chi connectivity index (χ1) is 9.14. The van der Waals surface area contributed by atoms with Crippen LogP contribution in [0.3, 0.4) is 0 Å². The van der Waals surface area contributed by atoms with Crippen molar-refractivity contribution in [1.29, 1.82) is 0 Å². The van der Waals surface area contributed by atoms with E-state index in [4.69, 9.17) is 5.73 Å². The summed E-state index contributed by atoms with van der Waals surface area (Å²) in [6.45, 7) is 3.62. The number of rotatable bonds is 5. The van der Waals surface area contributed by atoms with Crippen molar-refractivity contribution in [3.05, 3.63) is 35.4 Å². The lowest BCUT2D eigenvalue weighted by molar-refractivity contribution is 0.0933. The SMILES string of the molecule is CC1(CNC(=O)c2ccccc2CCN)CCCC1. The number of nitrogens with two attached hydrogens (primary N) is 1. The van der Waals surface area contributed by atoms with Gasteiger partial charge in [0.05, 0.1) is 0 Å². The van der Waals surface area contributed by atoms with Gasteiger partial charge in [-0.15, -0.1) is 0 Å². The van der Waals surface area contributed by atoms with Crippen LogP contribution >= 0.6 is 0 Å². The van der Waals surface area contributed by atoms with Crippen molar-refractivity contribution in [2.45, 2.75) is 39.0 Å². The molecule has 1 aliphatic carbocycles. The normalized spacial score (nSPS) is 17.4. The van der Waals surface area contributed by atoms with E-state index in [2.05, 4.69) is 12.2 Å². The minimum Gasteiger partial charge on any atom is -0.351 e. The van der Waals surface area contributed by atoms with Crippen LogP contribution in [0.4, 0.5) is 0 Å². The number of hydrogen-bond donors (Lipinski definition) is 2. The van der Waals surface area contributed by atoms with Crippen LogP contribution in [0.15, 0.2) is 24.3 Å². The molecule has 1 amide bonds. The second kappa shape index (κ2) is 6.20. The first-order valence-corrected chi connectivity index (χ1v) is 7.21. The predicted octanol–water partition coefficient (Wildman–Crippen LogP) is 2.50. The van der Waals surface area contributed by atoms with E-state index in [0.29, 0.717) is 12.0 Å². The standard InChI is InChI=1S/C16H24N2O/c1-16(9-4-5-10-16)12-18-15(19)14-7-3-2-6-13(14)8-11-17/h2-3,6-7H,4-5,8-12,17H2,1H3,(H,18,19). The van der Waals surface area contributed by atoms with Gasteiger partial charge in [-0.3, -0.25) is 4.79 Å². The van der Waals surface area contributed by atoms with Gasteiger partial charge < -0.3 is 11.1 Å². The van der Waals surface area contributed by atoms with Crippen LogP contribution in [0.1, 0.15) is 48.5 Å². The zero-order valence-corrected chi connectivity index (χ0v) is 11.7. The van der Waals surface area contributed by atoms with Crippen LogP contribution in [0.2, 0.25) is 0 Å². The summed E-state index contributed by atoms with van der Waals surface area (Å²) in [5, 5.41) is 3.10. The van der Waals surface area contributed by atoms with Crippen LogP contribution in [0.5, 0.6) is 0 Å². The maximum absolute atomic E-state index is 12.3. The van der Waals surface area contributed by atoms with Gasteiger partial charge in [0.25, 0.3) is 5.91 Å². The third-order valence-corrected chi connectivity index (χ3v) is 4.16. The summed E-state index contributed by atoms with van der Waals surface area (Å²) >= 11 is 0. The van der Waals surface area contributed by atoms with Gasteiger partial charge in [0.2, 0.25) is 0 Å². The van der Waals surface area contributed by atoms with Crippen LogP contribution < -0.4 is 11.1 Å². The molecule has 0 heterocycles. The Balaban J connectivity index is 1.99.